The molecule has 13 nitrogen and oxygen atoms in total. The van der Waals surface area contributed by atoms with E-state index in [4.69, 9.17) is 19.7 Å². The standard InChI is InChI=1S/C23H26N2O5.C14H31NO5/c1-3-21-24-19-8-6-5-7-18(19)22(26)25(21)13-14-30-17-11-9-16(10-12-17)15-20(23(27)28)29-4-2;1-2-3-4-5-6-7-8-15-9-11(17)13(19)14(20)12(18)10-16/h5-12,20H,3-4,13-15H2,1-2H3,(H,27,28);11-20H,2-10H2,1H3/t20-;/m1./s1. The van der Waals surface area contributed by atoms with Gasteiger partial charge < -0.3 is 45.4 Å². The first-order valence-electron chi connectivity index (χ1n) is 17.7. The Morgan fingerprint density at radius 3 is 2.20 bits per heavy atom. The van der Waals surface area contributed by atoms with E-state index in [2.05, 4.69) is 17.2 Å². The number of aromatic nitrogens is 2. The Kier molecular flexibility index (Phi) is 20.4. The number of carboxylic acid groups (broad SMARTS) is 1. The van der Waals surface area contributed by atoms with Gasteiger partial charge in [0, 0.05) is 26.0 Å². The van der Waals surface area contributed by atoms with Gasteiger partial charge in [-0.15, -0.1) is 0 Å². The zero-order valence-electron chi connectivity index (χ0n) is 29.6. The highest BCUT2D eigenvalue weighted by atomic mass is 16.5. The molecule has 50 heavy (non-hydrogen) atoms. The number of carbonyl (C=O) groups is 1. The maximum atomic E-state index is 12.8. The number of ether oxygens (including phenoxy) is 2. The molecular formula is C37H57N3O10. The normalized spacial score (nSPS) is 14.3. The highest BCUT2D eigenvalue weighted by Crippen LogP contribution is 2.15. The number of rotatable bonds is 23. The molecule has 13 heteroatoms. The van der Waals surface area contributed by atoms with Crippen molar-refractivity contribution in [3.8, 4) is 5.75 Å². The lowest BCUT2D eigenvalue weighted by Gasteiger charge is -2.25. The first kappa shape index (κ1) is 42.7. The number of hydrogen-bond acceptors (Lipinski definition) is 11. The maximum Gasteiger partial charge on any atom is 0.333 e. The molecule has 0 spiro atoms. The van der Waals surface area contributed by atoms with Crippen LogP contribution in [0, 0.1) is 0 Å². The van der Waals surface area contributed by atoms with Gasteiger partial charge in [0.05, 0.1) is 30.2 Å². The molecular weight excluding hydrogens is 646 g/mol. The monoisotopic (exact) mass is 703 g/mol. The zero-order valence-corrected chi connectivity index (χ0v) is 29.6. The van der Waals surface area contributed by atoms with Crippen LogP contribution in [-0.4, -0.2) is 110 Å². The van der Waals surface area contributed by atoms with Crippen molar-refractivity contribution < 1.29 is 44.9 Å². The SMILES string of the molecule is CCCCCCCCNCC(O)C(O)C(O)C(O)CO.CCO[C@H](Cc1ccc(OCCn2c(CC)nc3ccccc3c2=O)cc1)C(=O)O. The molecule has 0 aliphatic heterocycles. The smallest absolute Gasteiger partial charge is 0.333 e. The zero-order chi connectivity index (χ0) is 36.9. The van der Waals surface area contributed by atoms with Gasteiger partial charge in [0.15, 0.2) is 6.10 Å². The number of aryl methyl sites for hydroxylation is 1. The van der Waals surface area contributed by atoms with E-state index in [0.717, 1.165) is 30.8 Å². The summed E-state index contributed by atoms with van der Waals surface area (Å²) >= 11 is 0. The number of benzene rings is 2. The average molecular weight is 704 g/mol. The van der Waals surface area contributed by atoms with Crippen molar-refractivity contribution in [3.63, 3.8) is 0 Å². The summed E-state index contributed by atoms with van der Waals surface area (Å²) in [5.74, 6) is 0.411. The second kappa shape index (κ2) is 23.9. The topological polar surface area (TPSA) is 204 Å². The number of aliphatic carboxylic acids is 1. The highest BCUT2D eigenvalue weighted by Gasteiger charge is 2.29. The molecule has 0 radical (unpaired) electrons. The quantitative estimate of drug-likeness (QED) is 0.0712. The van der Waals surface area contributed by atoms with E-state index >= 15 is 0 Å². The van der Waals surface area contributed by atoms with Gasteiger partial charge in [0.25, 0.3) is 5.56 Å². The number of aliphatic hydroxyl groups excluding tert-OH is 5. The molecule has 0 fully saturated rings. The molecule has 1 aromatic heterocycles. The fourth-order valence-corrected chi connectivity index (χ4v) is 5.29. The van der Waals surface area contributed by atoms with E-state index in [1.807, 2.05) is 37.3 Å². The lowest BCUT2D eigenvalue weighted by Crippen LogP contribution is -2.49. The van der Waals surface area contributed by atoms with Crippen LogP contribution >= 0.6 is 0 Å². The van der Waals surface area contributed by atoms with E-state index in [1.165, 1.54) is 25.7 Å². The molecule has 0 bridgehead atoms. The Balaban J connectivity index is 0.000000380. The van der Waals surface area contributed by atoms with Gasteiger partial charge >= 0.3 is 5.97 Å². The van der Waals surface area contributed by atoms with Crippen molar-refractivity contribution >= 4 is 16.9 Å². The molecule has 0 aliphatic rings. The molecule has 2 aromatic carbocycles. The summed E-state index contributed by atoms with van der Waals surface area (Å²) in [7, 11) is 0. The Morgan fingerprint density at radius 2 is 1.56 bits per heavy atom. The largest absolute Gasteiger partial charge is 0.492 e. The highest BCUT2D eigenvalue weighted by molar-refractivity contribution is 5.77. The Hall–Kier alpha value is -3.43. The molecule has 0 amide bonds. The molecule has 3 rings (SSSR count). The van der Waals surface area contributed by atoms with Gasteiger partial charge in [-0.25, -0.2) is 9.78 Å². The summed E-state index contributed by atoms with van der Waals surface area (Å²) in [6.45, 7) is 7.22. The Bertz CT molecular complexity index is 1440. The van der Waals surface area contributed by atoms with Gasteiger partial charge in [-0.2, -0.15) is 0 Å². The fourth-order valence-electron chi connectivity index (χ4n) is 5.29. The van der Waals surface area contributed by atoms with E-state index in [0.29, 0.717) is 49.3 Å². The number of aliphatic hydroxyl groups is 5. The van der Waals surface area contributed by atoms with E-state index < -0.39 is 43.1 Å². The summed E-state index contributed by atoms with van der Waals surface area (Å²) < 4.78 is 12.7. The summed E-state index contributed by atoms with van der Waals surface area (Å²) in [6.07, 6.45) is 1.54. The minimum absolute atomic E-state index is 0.0629. The number of carboxylic acids is 1. The van der Waals surface area contributed by atoms with Crippen molar-refractivity contribution in [2.24, 2.45) is 0 Å². The van der Waals surface area contributed by atoms with Crippen LogP contribution < -0.4 is 15.6 Å². The van der Waals surface area contributed by atoms with Crippen LogP contribution in [0.4, 0.5) is 0 Å². The summed E-state index contributed by atoms with van der Waals surface area (Å²) in [5, 5.41) is 59.3. The van der Waals surface area contributed by atoms with Gasteiger partial charge in [-0.1, -0.05) is 70.2 Å². The van der Waals surface area contributed by atoms with Crippen molar-refractivity contribution in [3.05, 3.63) is 70.3 Å². The third-order valence-corrected chi connectivity index (χ3v) is 8.21. The molecule has 0 aliphatic carbocycles. The van der Waals surface area contributed by atoms with Crippen LogP contribution in [0.2, 0.25) is 0 Å². The number of nitrogens with zero attached hydrogens (tertiary/aromatic N) is 2. The Morgan fingerprint density at radius 1 is 0.900 bits per heavy atom. The first-order valence-corrected chi connectivity index (χ1v) is 17.7. The van der Waals surface area contributed by atoms with Crippen LogP contribution in [0.3, 0.4) is 0 Å². The lowest BCUT2D eigenvalue weighted by atomic mass is 10.0. The minimum Gasteiger partial charge on any atom is -0.492 e. The molecule has 0 saturated heterocycles. The van der Waals surface area contributed by atoms with Gasteiger partial charge in [-0.3, -0.25) is 9.36 Å². The van der Waals surface area contributed by atoms with E-state index in [-0.39, 0.29) is 12.1 Å². The van der Waals surface area contributed by atoms with E-state index in [1.54, 1.807) is 29.7 Å². The predicted octanol–water partition coefficient (Wildman–Crippen LogP) is 2.44. The third-order valence-electron chi connectivity index (χ3n) is 8.21. The fraction of sp³-hybridized carbons (Fsp3) is 0.595. The molecule has 1 heterocycles. The second-order valence-corrected chi connectivity index (χ2v) is 12.1. The number of nitrogens with one attached hydrogen (secondary N) is 1. The maximum absolute atomic E-state index is 12.8. The van der Waals surface area contributed by atoms with Crippen LogP contribution in [0.15, 0.2) is 53.3 Å². The van der Waals surface area contributed by atoms with Gasteiger partial charge in [-0.05, 0) is 49.7 Å². The van der Waals surface area contributed by atoms with Gasteiger partial charge in [0.1, 0.15) is 36.5 Å². The number of para-hydroxylation sites is 1. The van der Waals surface area contributed by atoms with Crippen LogP contribution in [-0.2, 0) is 28.9 Å². The average Bonchev–Trinajstić information content (AvgIpc) is 3.13. The van der Waals surface area contributed by atoms with Gasteiger partial charge in [0.2, 0.25) is 0 Å². The molecule has 4 unspecified atom stereocenters. The van der Waals surface area contributed by atoms with Crippen molar-refractivity contribution in [2.45, 2.75) is 109 Å². The molecule has 280 valence electrons. The van der Waals surface area contributed by atoms with Crippen molar-refractivity contribution in [1.29, 1.82) is 0 Å². The summed E-state index contributed by atoms with van der Waals surface area (Å²) in [4.78, 5) is 28.6. The van der Waals surface area contributed by atoms with Crippen molar-refractivity contribution in [2.75, 3.05) is 32.9 Å². The van der Waals surface area contributed by atoms with Crippen LogP contribution in [0.25, 0.3) is 10.9 Å². The van der Waals surface area contributed by atoms with Crippen LogP contribution in [0.1, 0.15) is 70.7 Å². The minimum atomic E-state index is -1.55. The lowest BCUT2D eigenvalue weighted by molar-refractivity contribution is -0.149. The molecule has 3 aromatic rings. The summed E-state index contributed by atoms with van der Waals surface area (Å²) in [5.41, 5.74) is 1.50. The second-order valence-electron chi connectivity index (χ2n) is 12.1. The number of hydrogen-bond donors (Lipinski definition) is 7. The summed E-state index contributed by atoms with van der Waals surface area (Å²) in [6, 6.07) is 14.6. The van der Waals surface area contributed by atoms with Crippen molar-refractivity contribution in [1.82, 2.24) is 14.9 Å². The molecule has 5 atom stereocenters. The predicted molar refractivity (Wildman–Crippen MR) is 191 cm³/mol. The molecule has 0 saturated carbocycles. The molecule has 7 N–H and O–H groups in total. The first-order chi connectivity index (χ1) is 24.1. The number of unbranched alkanes of at least 4 members (excludes halogenated alkanes) is 5. The Labute approximate surface area is 294 Å². The van der Waals surface area contributed by atoms with E-state index in [9.17, 15) is 30.0 Å². The number of fused-ring (bicyclic) bond motifs is 1. The van der Waals surface area contributed by atoms with Crippen LogP contribution in [0.5, 0.6) is 5.75 Å². The third kappa shape index (κ3) is 14.4.